The number of ether oxygens (including phenoxy) is 1. The Balaban J connectivity index is 1.70. The number of carbonyl (C=O) groups is 1. The molecule has 0 aliphatic rings. The highest BCUT2D eigenvalue weighted by Crippen LogP contribution is 2.22. The molecule has 0 saturated carbocycles. The Morgan fingerprint density at radius 3 is 2.74 bits per heavy atom. The quantitative estimate of drug-likeness (QED) is 0.594. The minimum Gasteiger partial charge on any atom is -0.497 e. The van der Waals surface area contributed by atoms with Crippen LogP contribution >= 0.6 is 23.8 Å². The molecule has 27 heavy (non-hydrogen) atoms. The number of nitrogens with one attached hydrogen (secondary N) is 2. The first-order chi connectivity index (χ1) is 13.0. The topological polar surface area (TPSA) is 71.9 Å². The number of rotatable bonds is 6. The largest absolute Gasteiger partial charge is 0.497 e. The van der Waals surface area contributed by atoms with E-state index in [0.29, 0.717) is 22.8 Å². The van der Waals surface area contributed by atoms with Crippen LogP contribution in [0.1, 0.15) is 6.42 Å². The van der Waals surface area contributed by atoms with Gasteiger partial charge in [-0.1, -0.05) is 11.6 Å². The molecular weight excluding hydrogens is 391 g/mol. The molecule has 0 bridgehead atoms. The maximum absolute atomic E-state index is 13.2. The van der Waals surface area contributed by atoms with Crippen LogP contribution in [0.3, 0.4) is 0 Å². The second-order valence-corrected chi connectivity index (χ2v) is 6.45. The van der Waals surface area contributed by atoms with Gasteiger partial charge in [-0.15, -0.1) is 0 Å². The van der Waals surface area contributed by atoms with E-state index < -0.39 is 5.82 Å². The van der Waals surface area contributed by atoms with Crippen LogP contribution < -0.4 is 10.1 Å². The first kappa shape index (κ1) is 19.1. The van der Waals surface area contributed by atoms with Crippen LogP contribution in [0, 0.1) is 10.6 Å². The molecule has 0 radical (unpaired) electrons. The van der Waals surface area contributed by atoms with E-state index in [1.54, 1.807) is 11.7 Å². The molecule has 0 aliphatic carbocycles. The number of H-pyrrole nitrogens is 1. The number of amides is 1. The summed E-state index contributed by atoms with van der Waals surface area (Å²) in [5, 5.41) is 9.62. The predicted octanol–water partition coefficient (Wildman–Crippen LogP) is 4.44. The van der Waals surface area contributed by atoms with Crippen molar-refractivity contribution >= 4 is 35.4 Å². The van der Waals surface area contributed by atoms with E-state index in [4.69, 9.17) is 28.6 Å². The average molecular weight is 407 g/mol. The third-order valence-corrected chi connectivity index (χ3v) is 4.47. The van der Waals surface area contributed by atoms with Crippen LogP contribution in [0.15, 0.2) is 42.5 Å². The predicted molar refractivity (Wildman–Crippen MR) is 104 cm³/mol. The van der Waals surface area contributed by atoms with Gasteiger partial charge in [0.2, 0.25) is 5.91 Å². The lowest BCUT2D eigenvalue weighted by atomic mass is 10.2. The van der Waals surface area contributed by atoms with Crippen molar-refractivity contribution in [3.05, 3.63) is 58.1 Å². The monoisotopic (exact) mass is 406 g/mol. The number of hydrogen-bond acceptors (Lipinski definition) is 4. The molecule has 0 atom stereocenters. The van der Waals surface area contributed by atoms with Gasteiger partial charge >= 0.3 is 0 Å². The molecule has 1 aromatic heterocycles. The van der Waals surface area contributed by atoms with Gasteiger partial charge in [0.25, 0.3) is 0 Å². The third-order valence-electron chi connectivity index (χ3n) is 3.87. The van der Waals surface area contributed by atoms with E-state index in [0.717, 1.165) is 11.3 Å². The fourth-order valence-corrected chi connectivity index (χ4v) is 2.90. The Morgan fingerprint density at radius 1 is 1.33 bits per heavy atom. The van der Waals surface area contributed by atoms with Crippen LogP contribution in [0.5, 0.6) is 5.75 Å². The van der Waals surface area contributed by atoms with Crippen molar-refractivity contribution in [3.63, 3.8) is 0 Å². The van der Waals surface area contributed by atoms with Gasteiger partial charge in [-0.25, -0.2) is 4.39 Å². The van der Waals surface area contributed by atoms with Gasteiger partial charge in [0, 0.05) is 24.2 Å². The first-order valence-corrected chi connectivity index (χ1v) is 8.81. The van der Waals surface area contributed by atoms with Crippen molar-refractivity contribution < 1.29 is 13.9 Å². The summed E-state index contributed by atoms with van der Waals surface area (Å²) in [6, 6.07) is 11.4. The van der Waals surface area contributed by atoms with Crippen LogP contribution in [0.2, 0.25) is 5.02 Å². The summed E-state index contributed by atoms with van der Waals surface area (Å²) < 4.78 is 20.5. The molecule has 3 aromatic rings. The standard InChI is InChI=1S/C18H16ClFN4O2S/c1-26-13-5-2-11(3-6-13)17-22-23-18(27)24(17)9-8-16(25)21-12-4-7-15(20)14(19)10-12/h2-7,10H,8-9H2,1H3,(H,21,25)(H,23,27). The maximum Gasteiger partial charge on any atom is 0.226 e. The molecule has 9 heteroatoms. The van der Waals surface area contributed by atoms with Gasteiger partial charge in [0.05, 0.1) is 12.1 Å². The maximum atomic E-state index is 13.2. The summed E-state index contributed by atoms with van der Waals surface area (Å²) in [5.74, 6) is 0.571. The summed E-state index contributed by atoms with van der Waals surface area (Å²) >= 11 is 11.0. The second-order valence-electron chi connectivity index (χ2n) is 5.66. The highest BCUT2D eigenvalue weighted by Gasteiger charge is 2.11. The molecule has 0 spiro atoms. The summed E-state index contributed by atoms with van der Waals surface area (Å²) in [6.45, 7) is 0.331. The lowest BCUT2D eigenvalue weighted by Crippen LogP contribution is -2.15. The Kier molecular flexibility index (Phi) is 5.88. The molecule has 3 rings (SSSR count). The fraction of sp³-hybridized carbons (Fsp3) is 0.167. The fourth-order valence-electron chi connectivity index (χ4n) is 2.50. The normalized spacial score (nSPS) is 10.6. The lowest BCUT2D eigenvalue weighted by Gasteiger charge is -2.09. The molecule has 2 N–H and O–H groups in total. The summed E-state index contributed by atoms with van der Waals surface area (Å²) in [7, 11) is 1.60. The third kappa shape index (κ3) is 4.53. The molecule has 1 heterocycles. The zero-order valence-electron chi connectivity index (χ0n) is 14.3. The molecule has 0 aliphatic heterocycles. The number of benzene rings is 2. The van der Waals surface area contributed by atoms with Crippen LogP contribution in [0.4, 0.5) is 10.1 Å². The number of hydrogen-bond donors (Lipinski definition) is 2. The minimum absolute atomic E-state index is 0.0494. The van der Waals surface area contributed by atoms with E-state index >= 15 is 0 Å². The van der Waals surface area contributed by atoms with E-state index in [9.17, 15) is 9.18 Å². The van der Waals surface area contributed by atoms with Crippen molar-refractivity contribution in [1.82, 2.24) is 14.8 Å². The van der Waals surface area contributed by atoms with Gasteiger partial charge in [0.15, 0.2) is 10.6 Å². The Bertz CT molecular complexity index is 1020. The Labute approximate surface area is 164 Å². The molecule has 0 fully saturated rings. The van der Waals surface area contributed by atoms with Crippen molar-refractivity contribution in [3.8, 4) is 17.1 Å². The molecular formula is C18H16ClFN4O2S. The number of methoxy groups -OCH3 is 1. The summed E-state index contributed by atoms with van der Waals surface area (Å²) in [6.07, 6.45) is 0.159. The van der Waals surface area contributed by atoms with Crippen molar-refractivity contribution in [1.29, 1.82) is 0 Å². The molecule has 0 unspecified atom stereocenters. The van der Waals surface area contributed by atoms with Crippen molar-refractivity contribution in [2.24, 2.45) is 0 Å². The van der Waals surface area contributed by atoms with Gasteiger partial charge in [-0.05, 0) is 54.7 Å². The molecule has 140 valence electrons. The van der Waals surface area contributed by atoms with Crippen molar-refractivity contribution in [2.45, 2.75) is 13.0 Å². The van der Waals surface area contributed by atoms with Gasteiger partial charge in [0.1, 0.15) is 11.6 Å². The molecule has 1 amide bonds. The lowest BCUT2D eigenvalue weighted by molar-refractivity contribution is -0.116. The number of halogens is 2. The van der Waals surface area contributed by atoms with E-state index in [1.165, 1.54) is 18.2 Å². The molecule has 2 aromatic carbocycles. The number of anilines is 1. The first-order valence-electron chi connectivity index (χ1n) is 8.02. The number of aromatic nitrogens is 3. The van der Waals surface area contributed by atoms with Crippen LogP contribution in [-0.4, -0.2) is 27.8 Å². The minimum atomic E-state index is -0.538. The second kappa shape index (κ2) is 8.32. The molecule has 6 nitrogen and oxygen atoms in total. The Hall–Kier alpha value is -2.71. The highest BCUT2D eigenvalue weighted by molar-refractivity contribution is 7.71. The van der Waals surface area contributed by atoms with Gasteiger partial charge in [-0.2, -0.15) is 5.10 Å². The highest BCUT2D eigenvalue weighted by atomic mass is 35.5. The summed E-state index contributed by atoms with van der Waals surface area (Å²) in [4.78, 5) is 12.2. The molecule has 0 saturated heterocycles. The smallest absolute Gasteiger partial charge is 0.226 e. The number of nitrogens with zero attached hydrogens (tertiary/aromatic N) is 2. The average Bonchev–Trinajstić information content (AvgIpc) is 3.03. The van der Waals surface area contributed by atoms with Crippen LogP contribution in [-0.2, 0) is 11.3 Å². The van der Waals surface area contributed by atoms with E-state index in [-0.39, 0.29) is 17.4 Å². The Morgan fingerprint density at radius 2 is 2.07 bits per heavy atom. The van der Waals surface area contributed by atoms with Gasteiger partial charge < -0.3 is 10.1 Å². The zero-order chi connectivity index (χ0) is 19.4. The van der Waals surface area contributed by atoms with Crippen LogP contribution in [0.25, 0.3) is 11.4 Å². The zero-order valence-corrected chi connectivity index (χ0v) is 15.9. The summed E-state index contributed by atoms with van der Waals surface area (Å²) in [5.41, 5.74) is 1.27. The van der Waals surface area contributed by atoms with Gasteiger partial charge in [-0.3, -0.25) is 14.5 Å². The van der Waals surface area contributed by atoms with Crippen molar-refractivity contribution in [2.75, 3.05) is 12.4 Å². The van der Waals surface area contributed by atoms with E-state index in [2.05, 4.69) is 15.5 Å². The van der Waals surface area contributed by atoms with E-state index in [1.807, 2.05) is 24.3 Å². The number of carbonyl (C=O) groups excluding carboxylic acids is 1. The SMILES string of the molecule is COc1ccc(-c2n[nH]c(=S)n2CCC(=O)Nc2ccc(F)c(Cl)c2)cc1. The number of aromatic amines is 1.